The first kappa shape index (κ1) is 22.1. The van der Waals surface area contributed by atoms with Gasteiger partial charge in [-0.05, 0) is 36.4 Å². The SMILES string of the molecule is C=CC(=O)Nc1ccc(OC)c(Nc2nncc(Nc3ccccc3[P+](C)(C)O)n2)c1. The molecular weight excluding hydrogens is 415 g/mol. The molecule has 0 atom stereocenters. The second-order valence-electron chi connectivity index (χ2n) is 6.94. The summed E-state index contributed by atoms with van der Waals surface area (Å²) in [6, 6.07) is 12.6. The van der Waals surface area contributed by atoms with Crippen molar-refractivity contribution in [3.63, 3.8) is 0 Å². The summed E-state index contributed by atoms with van der Waals surface area (Å²) in [6.45, 7) is 7.09. The fourth-order valence-electron chi connectivity index (χ4n) is 2.81. The molecule has 1 aromatic heterocycles. The van der Waals surface area contributed by atoms with Crippen molar-refractivity contribution in [1.29, 1.82) is 0 Å². The van der Waals surface area contributed by atoms with Crippen molar-refractivity contribution in [2.75, 3.05) is 36.4 Å². The van der Waals surface area contributed by atoms with Crippen LogP contribution in [0.5, 0.6) is 5.75 Å². The molecule has 9 nitrogen and oxygen atoms in total. The Kier molecular flexibility index (Phi) is 6.79. The van der Waals surface area contributed by atoms with E-state index in [1.54, 1.807) is 18.2 Å². The second kappa shape index (κ2) is 9.51. The Hall–Kier alpha value is -3.55. The molecule has 0 aliphatic heterocycles. The number of methoxy groups -OCH3 is 1. The van der Waals surface area contributed by atoms with Crippen molar-refractivity contribution in [2.45, 2.75) is 0 Å². The van der Waals surface area contributed by atoms with Crippen molar-refractivity contribution in [3.05, 3.63) is 61.3 Å². The fourth-order valence-corrected chi connectivity index (χ4v) is 3.98. The van der Waals surface area contributed by atoms with Gasteiger partial charge in [-0.15, -0.1) is 5.10 Å². The summed E-state index contributed by atoms with van der Waals surface area (Å²) < 4.78 is 5.37. The molecular formula is C21H24N6O3P+. The van der Waals surface area contributed by atoms with E-state index < -0.39 is 7.49 Å². The number of para-hydroxylation sites is 1. The van der Waals surface area contributed by atoms with Crippen LogP contribution in [0.15, 0.2) is 61.3 Å². The summed E-state index contributed by atoms with van der Waals surface area (Å²) in [5.74, 6) is 0.892. The zero-order valence-corrected chi connectivity index (χ0v) is 18.4. The molecule has 160 valence electrons. The minimum Gasteiger partial charge on any atom is -0.495 e. The molecule has 0 unspecified atom stereocenters. The van der Waals surface area contributed by atoms with E-state index in [-0.39, 0.29) is 11.9 Å². The van der Waals surface area contributed by atoms with Gasteiger partial charge in [0.15, 0.2) is 13.3 Å². The Morgan fingerprint density at radius 3 is 2.65 bits per heavy atom. The molecule has 3 aromatic rings. The first-order valence-corrected chi connectivity index (χ1v) is 12.0. The summed E-state index contributed by atoms with van der Waals surface area (Å²) in [5.41, 5.74) is 1.85. The molecule has 0 aliphatic rings. The van der Waals surface area contributed by atoms with Crippen molar-refractivity contribution in [2.24, 2.45) is 0 Å². The molecule has 0 saturated carbocycles. The summed E-state index contributed by atoms with van der Waals surface area (Å²) in [6.07, 6.45) is 2.68. The van der Waals surface area contributed by atoms with Crippen molar-refractivity contribution >= 4 is 47.5 Å². The van der Waals surface area contributed by atoms with Crippen LogP contribution in [-0.2, 0) is 4.79 Å². The zero-order valence-electron chi connectivity index (χ0n) is 17.5. The van der Waals surface area contributed by atoms with Gasteiger partial charge in [-0.25, -0.2) is 4.89 Å². The van der Waals surface area contributed by atoms with Crippen molar-refractivity contribution < 1.29 is 14.4 Å². The van der Waals surface area contributed by atoms with E-state index in [2.05, 4.69) is 37.7 Å². The fraction of sp³-hybridized carbons (Fsp3) is 0.143. The van der Waals surface area contributed by atoms with E-state index in [0.29, 0.717) is 22.9 Å². The number of ether oxygens (including phenoxy) is 1. The second-order valence-corrected chi connectivity index (χ2v) is 10.2. The smallest absolute Gasteiger partial charge is 0.249 e. The van der Waals surface area contributed by atoms with Gasteiger partial charge in [0.25, 0.3) is 0 Å². The minimum absolute atomic E-state index is 0.228. The molecule has 0 aliphatic carbocycles. The Labute approximate surface area is 181 Å². The van der Waals surface area contributed by atoms with E-state index in [1.807, 2.05) is 37.6 Å². The number of aromatic nitrogens is 3. The molecule has 0 saturated heterocycles. The maximum atomic E-state index is 11.6. The molecule has 0 spiro atoms. The lowest BCUT2D eigenvalue weighted by molar-refractivity contribution is -0.111. The largest absolute Gasteiger partial charge is 0.495 e. The molecule has 0 radical (unpaired) electrons. The van der Waals surface area contributed by atoms with Crippen molar-refractivity contribution in [3.8, 4) is 5.75 Å². The maximum Gasteiger partial charge on any atom is 0.249 e. The number of hydrogen-bond acceptors (Lipinski definition) is 8. The topological polar surface area (TPSA) is 121 Å². The van der Waals surface area contributed by atoms with E-state index >= 15 is 0 Å². The van der Waals surface area contributed by atoms with Gasteiger partial charge in [-0.3, -0.25) is 4.79 Å². The van der Waals surface area contributed by atoms with Gasteiger partial charge >= 0.3 is 0 Å². The predicted molar refractivity (Wildman–Crippen MR) is 125 cm³/mol. The molecule has 0 bridgehead atoms. The van der Waals surface area contributed by atoms with Crippen LogP contribution in [-0.4, -0.2) is 46.4 Å². The van der Waals surface area contributed by atoms with Gasteiger partial charge in [-0.2, -0.15) is 10.1 Å². The number of benzene rings is 2. The number of hydrogen-bond donors (Lipinski definition) is 4. The first-order valence-electron chi connectivity index (χ1n) is 9.31. The highest BCUT2D eigenvalue weighted by Crippen LogP contribution is 2.46. The van der Waals surface area contributed by atoms with Gasteiger partial charge in [0.05, 0.1) is 38.0 Å². The highest BCUT2D eigenvalue weighted by Gasteiger charge is 2.28. The van der Waals surface area contributed by atoms with Crippen LogP contribution in [0.4, 0.5) is 28.8 Å². The number of anilines is 5. The van der Waals surface area contributed by atoms with E-state index in [9.17, 15) is 9.69 Å². The molecule has 1 heterocycles. The highest BCUT2D eigenvalue weighted by molar-refractivity contribution is 7.76. The maximum absolute atomic E-state index is 11.6. The standard InChI is InChI=1S/C21H23N6O3P/c1-5-20(28)23-14-10-11-17(30-2)16(12-14)25-21-26-19(13-22-27-21)24-15-8-6-7-9-18(15)31(3,4)29/h5-13,29H,1H2,2-4H3,(H2-,23,24,25,26,27,28)/p+1. The van der Waals surface area contributed by atoms with Gasteiger partial charge < -0.3 is 20.7 Å². The van der Waals surface area contributed by atoms with Gasteiger partial charge in [0.2, 0.25) is 11.9 Å². The molecule has 0 fully saturated rings. The summed E-state index contributed by atoms with van der Waals surface area (Å²) in [5, 5.41) is 17.8. The normalized spacial score (nSPS) is 10.8. The quantitative estimate of drug-likeness (QED) is 0.312. The van der Waals surface area contributed by atoms with Gasteiger partial charge in [0, 0.05) is 5.69 Å². The van der Waals surface area contributed by atoms with Crippen LogP contribution in [0, 0.1) is 0 Å². The molecule has 2 aromatic carbocycles. The average Bonchev–Trinajstić information content (AvgIpc) is 2.74. The molecule has 1 amide bonds. The molecule has 3 rings (SSSR count). The lowest BCUT2D eigenvalue weighted by Crippen LogP contribution is -2.14. The monoisotopic (exact) mass is 439 g/mol. The number of amides is 1. The lowest BCUT2D eigenvalue weighted by atomic mass is 10.2. The molecule has 4 N–H and O–H groups in total. The predicted octanol–water partition coefficient (Wildman–Crippen LogP) is 3.30. The number of carbonyl (C=O) groups is 1. The minimum atomic E-state index is -2.24. The Balaban J connectivity index is 1.86. The Morgan fingerprint density at radius 1 is 1.16 bits per heavy atom. The van der Waals surface area contributed by atoms with Crippen LogP contribution in [0.25, 0.3) is 0 Å². The first-order chi connectivity index (χ1) is 14.8. The van der Waals surface area contributed by atoms with Crippen LogP contribution >= 0.6 is 7.49 Å². The lowest BCUT2D eigenvalue weighted by Gasteiger charge is -2.15. The summed E-state index contributed by atoms with van der Waals surface area (Å²) in [4.78, 5) is 26.5. The highest BCUT2D eigenvalue weighted by atomic mass is 31.2. The number of carbonyl (C=O) groups excluding carboxylic acids is 1. The molecule has 10 heteroatoms. The number of rotatable bonds is 8. The number of nitrogens with one attached hydrogen (secondary N) is 3. The third-order valence-corrected chi connectivity index (χ3v) is 5.78. The van der Waals surface area contributed by atoms with Crippen LogP contribution in [0.3, 0.4) is 0 Å². The van der Waals surface area contributed by atoms with Crippen LogP contribution < -0.4 is 26.0 Å². The third kappa shape index (κ3) is 5.75. The van der Waals surface area contributed by atoms with Crippen LogP contribution in [0.1, 0.15) is 0 Å². The van der Waals surface area contributed by atoms with Gasteiger partial charge in [0.1, 0.15) is 11.1 Å². The van der Waals surface area contributed by atoms with Crippen LogP contribution in [0.2, 0.25) is 0 Å². The zero-order chi connectivity index (χ0) is 22.4. The Morgan fingerprint density at radius 2 is 1.94 bits per heavy atom. The average molecular weight is 439 g/mol. The summed E-state index contributed by atoms with van der Waals surface area (Å²) >= 11 is 0. The molecule has 31 heavy (non-hydrogen) atoms. The Bertz CT molecular complexity index is 1100. The van der Waals surface area contributed by atoms with Gasteiger partial charge in [-0.1, -0.05) is 18.7 Å². The third-order valence-electron chi connectivity index (χ3n) is 4.21. The number of nitrogens with zero attached hydrogens (tertiary/aromatic N) is 3. The van der Waals surface area contributed by atoms with E-state index in [0.717, 1.165) is 11.0 Å². The van der Waals surface area contributed by atoms with E-state index in [1.165, 1.54) is 19.4 Å². The summed E-state index contributed by atoms with van der Waals surface area (Å²) in [7, 11) is -0.702. The van der Waals surface area contributed by atoms with E-state index in [4.69, 9.17) is 4.74 Å². The van der Waals surface area contributed by atoms with Crippen molar-refractivity contribution in [1.82, 2.24) is 15.2 Å².